The Labute approximate surface area is 123 Å². The first-order valence-corrected chi connectivity index (χ1v) is 7.43. The highest BCUT2D eigenvalue weighted by molar-refractivity contribution is 5.41. The van der Waals surface area contributed by atoms with Gasteiger partial charge in [-0.2, -0.15) is 0 Å². The van der Waals surface area contributed by atoms with E-state index < -0.39 is 0 Å². The molecule has 0 aliphatic heterocycles. The summed E-state index contributed by atoms with van der Waals surface area (Å²) < 4.78 is 0. The van der Waals surface area contributed by atoms with E-state index in [-0.39, 0.29) is 5.41 Å². The molecule has 0 radical (unpaired) electrons. The smallest absolute Gasteiger partial charge is 0.00205 e. The van der Waals surface area contributed by atoms with Crippen molar-refractivity contribution < 1.29 is 0 Å². The number of benzene rings is 2. The van der Waals surface area contributed by atoms with Gasteiger partial charge in [-0.05, 0) is 60.4 Å². The summed E-state index contributed by atoms with van der Waals surface area (Å²) >= 11 is 0. The van der Waals surface area contributed by atoms with E-state index in [0.29, 0.717) is 0 Å². The van der Waals surface area contributed by atoms with Crippen molar-refractivity contribution >= 4 is 0 Å². The largest absolute Gasteiger partial charge is 0.0584 e. The van der Waals surface area contributed by atoms with Gasteiger partial charge in [-0.1, -0.05) is 62.7 Å². The van der Waals surface area contributed by atoms with Crippen LogP contribution in [0.1, 0.15) is 54.2 Å². The number of rotatable bonds is 2. The zero-order valence-electron chi connectivity index (χ0n) is 13.7. The molecule has 0 saturated heterocycles. The molecule has 0 unspecified atom stereocenters. The first-order chi connectivity index (χ1) is 9.27. The van der Waals surface area contributed by atoms with Gasteiger partial charge in [0, 0.05) is 0 Å². The third-order valence-corrected chi connectivity index (χ3v) is 4.04. The zero-order chi connectivity index (χ0) is 14.9. The van der Waals surface area contributed by atoms with Gasteiger partial charge >= 0.3 is 0 Å². The van der Waals surface area contributed by atoms with Crippen molar-refractivity contribution in [2.24, 2.45) is 0 Å². The van der Waals surface area contributed by atoms with E-state index in [0.717, 1.165) is 6.42 Å². The van der Waals surface area contributed by atoms with Gasteiger partial charge in [0.1, 0.15) is 0 Å². The van der Waals surface area contributed by atoms with Crippen LogP contribution < -0.4 is 0 Å². The zero-order valence-corrected chi connectivity index (χ0v) is 13.7. The van der Waals surface area contributed by atoms with Crippen LogP contribution in [0.15, 0.2) is 36.4 Å². The maximum atomic E-state index is 2.28. The van der Waals surface area contributed by atoms with Crippen LogP contribution in [0.2, 0.25) is 0 Å². The lowest BCUT2D eigenvalue weighted by Gasteiger charge is -2.19. The van der Waals surface area contributed by atoms with Crippen LogP contribution in [0.25, 0.3) is 0 Å². The Morgan fingerprint density at radius 1 is 0.800 bits per heavy atom. The lowest BCUT2D eigenvalue weighted by atomic mass is 9.86. The molecular formula is C20H26. The highest BCUT2D eigenvalue weighted by atomic mass is 14.2. The second kappa shape index (κ2) is 5.44. The predicted molar refractivity (Wildman–Crippen MR) is 88.6 cm³/mol. The van der Waals surface area contributed by atoms with Gasteiger partial charge in [0.15, 0.2) is 0 Å². The van der Waals surface area contributed by atoms with E-state index >= 15 is 0 Å². The van der Waals surface area contributed by atoms with Crippen molar-refractivity contribution in [3.63, 3.8) is 0 Å². The second-order valence-electron chi connectivity index (χ2n) is 7.00. The van der Waals surface area contributed by atoms with Gasteiger partial charge in [-0.25, -0.2) is 0 Å². The fourth-order valence-corrected chi connectivity index (χ4v) is 2.82. The van der Waals surface area contributed by atoms with Gasteiger partial charge in [0.2, 0.25) is 0 Å². The predicted octanol–water partition coefficient (Wildman–Crippen LogP) is 5.50. The molecule has 0 bridgehead atoms. The summed E-state index contributed by atoms with van der Waals surface area (Å²) in [6.07, 6.45) is 1.03. The molecule has 0 fully saturated rings. The molecule has 0 aliphatic carbocycles. The van der Waals surface area contributed by atoms with Crippen LogP contribution in [0, 0.1) is 20.8 Å². The molecule has 20 heavy (non-hydrogen) atoms. The van der Waals surface area contributed by atoms with E-state index in [1.807, 2.05) is 0 Å². The van der Waals surface area contributed by atoms with Crippen molar-refractivity contribution in [2.75, 3.05) is 0 Å². The standard InChI is InChI=1S/C20H26/c1-14-11-15(2)19(16(3)12-14)13-17-7-9-18(10-8-17)20(4,5)6/h7-12H,13H2,1-6H3. The van der Waals surface area contributed by atoms with Gasteiger partial charge in [-0.3, -0.25) is 0 Å². The Morgan fingerprint density at radius 3 is 1.75 bits per heavy atom. The maximum Gasteiger partial charge on any atom is -0.00205 e. The summed E-state index contributed by atoms with van der Waals surface area (Å²) in [6.45, 7) is 13.4. The molecule has 0 saturated carbocycles. The molecule has 0 aliphatic rings. The monoisotopic (exact) mass is 266 g/mol. The minimum absolute atomic E-state index is 0.230. The number of aryl methyl sites for hydroxylation is 3. The summed E-state index contributed by atoms with van der Waals surface area (Å²) in [5.74, 6) is 0. The minimum Gasteiger partial charge on any atom is -0.0584 e. The second-order valence-corrected chi connectivity index (χ2v) is 7.00. The average Bonchev–Trinajstić information content (AvgIpc) is 2.33. The van der Waals surface area contributed by atoms with Gasteiger partial charge in [0.25, 0.3) is 0 Å². The molecule has 0 heteroatoms. The summed E-state index contributed by atoms with van der Waals surface area (Å²) in [5, 5.41) is 0. The van der Waals surface area contributed by atoms with Crippen LogP contribution in [-0.4, -0.2) is 0 Å². The van der Waals surface area contributed by atoms with Crippen molar-refractivity contribution in [3.05, 3.63) is 69.8 Å². The Hall–Kier alpha value is -1.56. The van der Waals surface area contributed by atoms with Gasteiger partial charge in [-0.15, -0.1) is 0 Å². The van der Waals surface area contributed by atoms with Crippen LogP contribution in [0.4, 0.5) is 0 Å². The van der Waals surface area contributed by atoms with E-state index in [2.05, 4.69) is 77.9 Å². The Kier molecular flexibility index (Phi) is 4.04. The highest BCUT2D eigenvalue weighted by Crippen LogP contribution is 2.24. The third kappa shape index (κ3) is 3.30. The summed E-state index contributed by atoms with van der Waals surface area (Å²) in [5.41, 5.74) is 8.66. The number of hydrogen-bond donors (Lipinski definition) is 0. The Morgan fingerprint density at radius 2 is 1.30 bits per heavy atom. The molecule has 0 N–H and O–H groups in total. The van der Waals surface area contributed by atoms with Crippen LogP contribution >= 0.6 is 0 Å². The molecule has 0 spiro atoms. The van der Waals surface area contributed by atoms with E-state index in [9.17, 15) is 0 Å². The lowest BCUT2D eigenvalue weighted by Crippen LogP contribution is -2.10. The van der Waals surface area contributed by atoms with E-state index in [1.165, 1.54) is 33.4 Å². The molecule has 0 amide bonds. The van der Waals surface area contributed by atoms with Crippen molar-refractivity contribution in [1.29, 1.82) is 0 Å². The molecular weight excluding hydrogens is 240 g/mol. The SMILES string of the molecule is Cc1cc(C)c(Cc2ccc(C(C)(C)C)cc2)c(C)c1. The molecule has 0 aromatic heterocycles. The number of hydrogen-bond acceptors (Lipinski definition) is 0. The fraction of sp³-hybridized carbons (Fsp3) is 0.400. The van der Waals surface area contributed by atoms with Crippen molar-refractivity contribution in [3.8, 4) is 0 Å². The molecule has 0 atom stereocenters. The highest BCUT2D eigenvalue weighted by Gasteiger charge is 2.13. The summed E-state index contributed by atoms with van der Waals surface area (Å²) in [7, 11) is 0. The summed E-state index contributed by atoms with van der Waals surface area (Å²) in [6, 6.07) is 13.7. The normalized spacial score (nSPS) is 11.7. The van der Waals surface area contributed by atoms with Crippen LogP contribution in [-0.2, 0) is 11.8 Å². The molecule has 2 aromatic carbocycles. The first-order valence-electron chi connectivity index (χ1n) is 7.43. The Balaban J connectivity index is 2.27. The third-order valence-electron chi connectivity index (χ3n) is 4.04. The molecule has 2 rings (SSSR count). The van der Waals surface area contributed by atoms with Crippen LogP contribution in [0.5, 0.6) is 0 Å². The molecule has 0 heterocycles. The van der Waals surface area contributed by atoms with Crippen LogP contribution in [0.3, 0.4) is 0 Å². The van der Waals surface area contributed by atoms with Gasteiger partial charge < -0.3 is 0 Å². The summed E-state index contributed by atoms with van der Waals surface area (Å²) in [4.78, 5) is 0. The quantitative estimate of drug-likeness (QED) is 0.673. The van der Waals surface area contributed by atoms with Crippen molar-refractivity contribution in [1.82, 2.24) is 0 Å². The molecule has 0 nitrogen and oxygen atoms in total. The van der Waals surface area contributed by atoms with Gasteiger partial charge in [0.05, 0.1) is 0 Å². The average molecular weight is 266 g/mol. The maximum absolute atomic E-state index is 2.28. The minimum atomic E-state index is 0.230. The Bertz CT molecular complexity index is 572. The fourth-order valence-electron chi connectivity index (χ4n) is 2.82. The van der Waals surface area contributed by atoms with E-state index in [1.54, 1.807) is 0 Å². The van der Waals surface area contributed by atoms with E-state index in [4.69, 9.17) is 0 Å². The topological polar surface area (TPSA) is 0 Å². The first kappa shape index (κ1) is 14.8. The molecule has 106 valence electrons. The molecule has 2 aromatic rings. The van der Waals surface area contributed by atoms with Crippen molar-refractivity contribution in [2.45, 2.75) is 53.4 Å². The lowest BCUT2D eigenvalue weighted by molar-refractivity contribution is 0.590.